The van der Waals surface area contributed by atoms with Crippen LogP contribution >= 0.6 is 0 Å². The molecule has 4 rings (SSSR count). The van der Waals surface area contributed by atoms with Gasteiger partial charge >= 0.3 is 6.03 Å². The number of fused-ring (bicyclic) bond motifs is 1. The maximum atomic E-state index is 12.4. The Morgan fingerprint density at radius 2 is 1.79 bits per heavy atom. The van der Waals surface area contributed by atoms with E-state index in [0.717, 1.165) is 29.8 Å². The number of para-hydroxylation sites is 1. The maximum Gasteiger partial charge on any atom is 0.317 e. The third kappa shape index (κ3) is 3.78. The number of piperazine rings is 1. The molecule has 1 aliphatic rings. The second kappa shape index (κ2) is 7.14. The van der Waals surface area contributed by atoms with Crippen molar-refractivity contribution in [2.75, 3.05) is 31.1 Å². The average molecular weight is 379 g/mol. The highest BCUT2D eigenvalue weighted by Crippen LogP contribution is 2.28. The summed E-state index contributed by atoms with van der Waals surface area (Å²) in [6.45, 7) is 8.71. The van der Waals surface area contributed by atoms with Crippen molar-refractivity contribution < 1.29 is 9.21 Å². The summed E-state index contributed by atoms with van der Waals surface area (Å²) in [5.41, 5.74) is 0.640. The molecule has 7 heteroatoms. The van der Waals surface area contributed by atoms with Gasteiger partial charge in [-0.05, 0) is 45.0 Å². The molecular weight excluding hydrogens is 354 g/mol. The molecule has 3 heterocycles. The summed E-state index contributed by atoms with van der Waals surface area (Å²) < 4.78 is 5.50. The monoisotopic (exact) mass is 379 g/mol. The van der Waals surface area contributed by atoms with E-state index in [1.807, 2.05) is 62.1 Å². The van der Waals surface area contributed by atoms with Crippen LogP contribution in [0.5, 0.6) is 0 Å². The minimum atomic E-state index is -0.241. The van der Waals surface area contributed by atoms with Crippen LogP contribution in [0.25, 0.3) is 22.5 Å². The molecule has 2 aromatic heterocycles. The zero-order valence-electron chi connectivity index (χ0n) is 16.5. The number of nitrogens with one attached hydrogen (secondary N) is 1. The molecule has 0 unspecified atom stereocenters. The molecule has 1 N–H and O–H groups in total. The van der Waals surface area contributed by atoms with E-state index >= 15 is 0 Å². The predicted molar refractivity (Wildman–Crippen MR) is 109 cm³/mol. The highest BCUT2D eigenvalue weighted by atomic mass is 16.3. The van der Waals surface area contributed by atoms with Gasteiger partial charge in [0.05, 0.1) is 11.8 Å². The number of rotatable bonds is 2. The molecule has 0 saturated carbocycles. The molecule has 1 saturated heterocycles. The smallest absolute Gasteiger partial charge is 0.317 e. The molecule has 0 bridgehead atoms. The fourth-order valence-electron chi connectivity index (χ4n) is 3.34. The van der Waals surface area contributed by atoms with Gasteiger partial charge in [-0.25, -0.2) is 14.8 Å². The average Bonchev–Trinajstić information content (AvgIpc) is 3.21. The molecule has 2 amide bonds. The molecule has 1 fully saturated rings. The second-order valence-electron chi connectivity index (χ2n) is 8.02. The number of carbonyl (C=O) groups excluding carboxylic acids is 1. The summed E-state index contributed by atoms with van der Waals surface area (Å²) in [5, 5.41) is 4.04. The highest BCUT2D eigenvalue weighted by Gasteiger charge is 2.26. The van der Waals surface area contributed by atoms with Crippen molar-refractivity contribution >= 4 is 22.8 Å². The van der Waals surface area contributed by atoms with E-state index in [1.54, 1.807) is 6.26 Å². The van der Waals surface area contributed by atoms with Gasteiger partial charge in [0.15, 0.2) is 11.6 Å². The highest BCUT2D eigenvalue weighted by molar-refractivity contribution is 5.91. The van der Waals surface area contributed by atoms with Crippen molar-refractivity contribution in [3.63, 3.8) is 0 Å². The van der Waals surface area contributed by atoms with E-state index < -0.39 is 0 Å². The Morgan fingerprint density at radius 1 is 1.04 bits per heavy atom. The van der Waals surface area contributed by atoms with Gasteiger partial charge in [-0.15, -0.1) is 0 Å². The Kier molecular flexibility index (Phi) is 4.66. The van der Waals surface area contributed by atoms with Crippen LogP contribution in [0.15, 0.2) is 47.1 Å². The van der Waals surface area contributed by atoms with Crippen LogP contribution in [-0.4, -0.2) is 52.6 Å². The number of carbonyl (C=O) groups is 1. The zero-order valence-corrected chi connectivity index (χ0v) is 16.5. The summed E-state index contributed by atoms with van der Waals surface area (Å²) in [5.74, 6) is 2.11. The standard InChI is InChI=1S/C21H25N5O2/c1-21(2,3)24-20(27)26-12-10-25(11-13-26)19-15-7-4-5-8-16(15)22-18(23-19)17-9-6-14-28-17/h4-9,14H,10-13H2,1-3H3,(H,24,27). The van der Waals surface area contributed by atoms with Crippen LogP contribution in [0.4, 0.5) is 10.6 Å². The van der Waals surface area contributed by atoms with E-state index in [1.165, 1.54) is 0 Å². The summed E-state index contributed by atoms with van der Waals surface area (Å²) in [4.78, 5) is 26.0. The van der Waals surface area contributed by atoms with E-state index in [2.05, 4.69) is 15.2 Å². The third-order valence-electron chi connectivity index (χ3n) is 4.67. The lowest BCUT2D eigenvalue weighted by molar-refractivity contribution is 0.185. The molecule has 0 spiro atoms. The minimum Gasteiger partial charge on any atom is -0.461 e. The first-order valence-corrected chi connectivity index (χ1v) is 9.53. The van der Waals surface area contributed by atoms with E-state index in [9.17, 15) is 4.79 Å². The van der Waals surface area contributed by atoms with E-state index in [0.29, 0.717) is 24.7 Å². The number of hydrogen-bond acceptors (Lipinski definition) is 5. The SMILES string of the molecule is CC(C)(C)NC(=O)N1CCN(c2nc(-c3ccco3)nc3ccccc23)CC1. The van der Waals surface area contributed by atoms with Gasteiger partial charge in [0, 0.05) is 37.1 Å². The van der Waals surface area contributed by atoms with Crippen molar-refractivity contribution in [1.82, 2.24) is 20.2 Å². The first-order valence-electron chi connectivity index (χ1n) is 9.53. The number of benzene rings is 1. The van der Waals surface area contributed by atoms with Gasteiger partial charge in [0.25, 0.3) is 0 Å². The summed E-state index contributed by atoms with van der Waals surface area (Å²) >= 11 is 0. The first-order chi connectivity index (χ1) is 13.4. The number of nitrogens with zero attached hydrogens (tertiary/aromatic N) is 4. The van der Waals surface area contributed by atoms with Crippen LogP contribution in [0.3, 0.4) is 0 Å². The lowest BCUT2D eigenvalue weighted by atomic mass is 10.1. The number of urea groups is 1. The predicted octanol–water partition coefficient (Wildman–Crippen LogP) is 3.52. The first kappa shape index (κ1) is 18.3. The number of furan rings is 1. The maximum absolute atomic E-state index is 12.4. The molecule has 28 heavy (non-hydrogen) atoms. The Hall–Kier alpha value is -3.09. The number of amides is 2. The number of anilines is 1. The van der Waals surface area contributed by atoms with Crippen LogP contribution < -0.4 is 10.2 Å². The van der Waals surface area contributed by atoms with E-state index in [4.69, 9.17) is 9.40 Å². The fourth-order valence-corrected chi connectivity index (χ4v) is 3.34. The molecule has 3 aromatic rings. The van der Waals surface area contributed by atoms with Crippen LogP contribution in [0.1, 0.15) is 20.8 Å². The van der Waals surface area contributed by atoms with Crippen molar-refractivity contribution in [3.05, 3.63) is 42.7 Å². The van der Waals surface area contributed by atoms with Gasteiger partial charge in [-0.3, -0.25) is 0 Å². The molecule has 0 radical (unpaired) electrons. The lowest BCUT2D eigenvalue weighted by Gasteiger charge is -2.37. The molecule has 7 nitrogen and oxygen atoms in total. The normalized spacial score (nSPS) is 15.1. The van der Waals surface area contributed by atoms with Crippen molar-refractivity contribution in [1.29, 1.82) is 0 Å². The minimum absolute atomic E-state index is 0.0176. The van der Waals surface area contributed by atoms with Crippen LogP contribution in [0.2, 0.25) is 0 Å². The molecule has 1 aliphatic heterocycles. The topological polar surface area (TPSA) is 74.5 Å². The summed E-state index contributed by atoms with van der Waals surface area (Å²) in [7, 11) is 0. The van der Waals surface area contributed by atoms with Crippen LogP contribution in [0, 0.1) is 0 Å². The third-order valence-corrected chi connectivity index (χ3v) is 4.67. The molecule has 146 valence electrons. The second-order valence-corrected chi connectivity index (χ2v) is 8.02. The Morgan fingerprint density at radius 3 is 2.46 bits per heavy atom. The molecule has 0 atom stereocenters. The van der Waals surface area contributed by atoms with Gasteiger partial charge in [-0.1, -0.05) is 12.1 Å². The zero-order chi connectivity index (χ0) is 19.7. The Labute approximate surface area is 164 Å². The van der Waals surface area contributed by atoms with Gasteiger partial charge in [0.2, 0.25) is 0 Å². The molecule has 0 aliphatic carbocycles. The molecular formula is C21H25N5O2. The van der Waals surface area contributed by atoms with Gasteiger partial charge < -0.3 is 19.5 Å². The summed E-state index contributed by atoms with van der Waals surface area (Å²) in [6.07, 6.45) is 1.63. The van der Waals surface area contributed by atoms with Gasteiger partial charge in [0.1, 0.15) is 5.82 Å². The van der Waals surface area contributed by atoms with Crippen molar-refractivity contribution in [2.45, 2.75) is 26.3 Å². The van der Waals surface area contributed by atoms with Gasteiger partial charge in [-0.2, -0.15) is 0 Å². The number of aromatic nitrogens is 2. The number of hydrogen-bond donors (Lipinski definition) is 1. The van der Waals surface area contributed by atoms with Crippen LogP contribution in [-0.2, 0) is 0 Å². The largest absolute Gasteiger partial charge is 0.461 e. The fraction of sp³-hybridized carbons (Fsp3) is 0.381. The van der Waals surface area contributed by atoms with E-state index in [-0.39, 0.29) is 11.6 Å². The quantitative estimate of drug-likeness (QED) is 0.737. The van der Waals surface area contributed by atoms with Crippen molar-refractivity contribution in [2.24, 2.45) is 0 Å². The molecule has 1 aromatic carbocycles. The lowest BCUT2D eigenvalue weighted by Crippen LogP contribution is -2.55. The van der Waals surface area contributed by atoms with Crippen molar-refractivity contribution in [3.8, 4) is 11.6 Å². The Balaban J connectivity index is 1.59. The Bertz CT molecular complexity index is 970. The summed E-state index contributed by atoms with van der Waals surface area (Å²) in [6, 6.07) is 11.7.